The molecular weight excluding hydrogens is 298 g/mol. The van der Waals surface area contributed by atoms with Crippen molar-refractivity contribution in [2.75, 3.05) is 37.6 Å². The van der Waals surface area contributed by atoms with Gasteiger partial charge in [0.15, 0.2) is 0 Å². The van der Waals surface area contributed by atoms with Crippen LogP contribution in [0.2, 0.25) is 0 Å². The molecule has 1 aromatic carbocycles. The molecule has 4 nitrogen and oxygen atoms in total. The third kappa shape index (κ3) is 5.23. The monoisotopic (exact) mass is 331 g/mol. The number of hydrogen-bond acceptors (Lipinski definition) is 3. The fourth-order valence-corrected chi connectivity index (χ4v) is 3.49. The number of nitrogens with zero attached hydrogens (tertiary/aromatic N) is 2. The van der Waals surface area contributed by atoms with Crippen molar-refractivity contribution in [1.82, 2.24) is 10.2 Å². The van der Waals surface area contributed by atoms with Crippen LogP contribution in [0.5, 0.6) is 0 Å². The van der Waals surface area contributed by atoms with E-state index in [1.807, 2.05) is 24.3 Å². The molecule has 1 saturated heterocycles. The predicted molar refractivity (Wildman–Crippen MR) is 102 cm³/mol. The van der Waals surface area contributed by atoms with Crippen LogP contribution in [0.15, 0.2) is 24.3 Å². The first-order valence-electron chi connectivity index (χ1n) is 9.38. The van der Waals surface area contributed by atoms with E-state index < -0.39 is 0 Å². The van der Waals surface area contributed by atoms with Crippen molar-refractivity contribution in [3.8, 4) is 0 Å². The summed E-state index contributed by atoms with van der Waals surface area (Å²) in [4.78, 5) is 17.1. The Bertz CT molecular complexity index is 506. The molecule has 1 unspecified atom stereocenters. The molecule has 0 radical (unpaired) electrons. The fourth-order valence-electron chi connectivity index (χ4n) is 3.49. The molecule has 1 aliphatic rings. The van der Waals surface area contributed by atoms with Crippen molar-refractivity contribution in [1.29, 1.82) is 0 Å². The SMILES string of the molecule is CCN(c1ccc(C(=O)NCC(C)CN2CCCC2)cc1)C(C)C. The van der Waals surface area contributed by atoms with Gasteiger partial charge in [0.1, 0.15) is 0 Å². The van der Waals surface area contributed by atoms with Gasteiger partial charge < -0.3 is 15.1 Å². The van der Waals surface area contributed by atoms with Gasteiger partial charge in [-0.25, -0.2) is 0 Å². The predicted octanol–water partition coefficient (Wildman–Crippen LogP) is 3.38. The smallest absolute Gasteiger partial charge is 0.251 e. The quantitative estimate of drug-likeness (QED) is 0.793. The van der Waals surface area contributed by atoms with Gasteiger partial charge >= 0.3 is 0 Å². The largest absolute Gasteiger partial charge is 0.369 e. The average molecular weight is 332 g/mol. The van der Waals surface area contributed by atoms with Crippen molar-refractivity contribution < 1.29 is 4.79 Å². The van der Waals surface area contributed by atoms with Crippen LogP contribution in [0, 0.1) is 5.92 Å². The van der Waals surface area contributed by atoms with Crippen LogP contribution in [-0.4, -0.2) is 49.6 Å². The molecule has 1 N–H and O–H groups in total. The molecule has 1 aliphatic heterocycles. The summed E-state index contributed by atoms with van der Waals surface area (Å²) in [6.07, 6.45) is 2.63. The van der Waals surface area contributed by atoms with E-state index >= 15 is 0 Å². The van der Waals surface area contributed by atoms with Gasteiger partial charge in [0.2, 0.25) is 0 Å². The zero-order chi connectivity index (χ0) is 17.5. The zero-order valence-corrected chi connectivity index (χ0v) is 15.7. The first kappa shape index (κ1) is 18.8. The average Bonchev–Trinajstić information content (AvgIpc) is 3.06. The third-order valence-electron chi connectivity index (χ3n) is 4.80. The minimum absolute atomic E-state index is 0.0300. The van der Waals surface area contributed by atoms with Crippen LogP contribution in [-0.2, 0) is 0 Å². The molecule has 0 aromatic heterocycles. The van der Waals surface area contributed by atoms with E-state index in [0.717, 1.165) is 25.2 Å². The number of carbonyl (C=O) groups is 1. The Labute approximate surface area is 147 Å². The normalized spacial score (nSPS) is 16.4. The van der Waals surface area contributed by atoms with Crippen LogP contribution in [0.25, 0.3) is 0 Å². The van der Waals surface area contributed by atoms with Crippen molar-refractivity contribution in [2.24, 2.45) is 5.92 Å². The molecule has 1 heterocycles. The van der Waals surface area contributed by atoms with E-state index in [1.165, 1.54) is 31.6 Å². The Morgan fingerprint density at radius 3 is 2.33 bits per heavy atom. The second-order valence-corrected chi connectivity index (χ2v) is 7.25. The van der Waals surface area contributed by atoms with Gasteiger partial charge in [-0.15, -0.1) is 0 Å². The lowest BCUT2D eigenvalue weighted by atomic mass is 10.1. The standard InChI is InChI=1S/C20H33N3O/c1-5-23(16(2)3)19-10-8-18(9-11-19)20(24)21-14-17(4)15-22-12-6-7-13-22/h8-11,16-17H,5-7,12-15H2,1-4H3,(H,21,24). The maximum absolute atomic E-state index is 12.3. The van der Waals surface area contributed by atoms with E-state index in [4.69, 9.17) is 0 Å². The molecule has 0 aliphatic carbocycles. The highest BCUT2D eigenvalue weighted by molar-refractivity contribution is 5.94. The van der Waals surface area contributed by atoms with Gasteiger partial charge in [0, 0.05) is 36.9 Å². The summed E-state index contributed by atoms with van der Waals surface area (Å²) < 4.78 is 0. The number of likely N-dealkylation sites (tertiary alicyclic amines) is 1. The number of hydrogen-bond donors (Lipinski definition) is 1. The van der Waals surface area contributed by atoms with Crippen LogP contribution in [0.4, 0.5) is 5.69 Å². The van der Waals surface area contributed by atoms with Crippen molar-refractivity contribution in [3.05, 3.63) is 29.8 Å². The van der Waals surface area contributed by atoms with E-state index in [1.54, 1.807) is 0 Å². The van der Waals surface area contributed by atoms with Gasteiger partial charge in [-0.2, -0.15) is 0 Å². The molecule has 134 valence electrons. The molecule has 1 fully saturated rings. The first-order chi connectivity index (χ1) is 11.5. The van der Waals surface area contributed by atoms with Gasteiger partial charge in [0.05, 0.1) is 0 Å². The molecular formula is C20H33N3O. The summed E-state index contributed by atoms with van der Waals surface area (Å²) in [6, 6.07) is 8.42. The van der Waals surface area contributed by atoms with E-state index in [9.17, 15) is 4.79 Å². The van der Waals surface area contributed by atoms with Crippen LogP contribution >= 0.6 is 0 Å². The fraction of sp³-hybridized carbons (Fsp3) is 0.650. The highest BCUT2D eigenvalue weighted by Crippen LogP contribution is 2.17. The molecule has 1 aromatic rings. The summed E-state index contributed by atoms with van der Waals surface area (Å²) >= 11 is 0. The number of anilines is 1. The van der Waals surface area contributed by atoms with Crippen molar-refractivity contribution >= 4 is 11.6 Å². The number of benzene rings is 1. The van der Waals surface area contributed by atoms with E-state index in [0.29, 0.717) is 12.0 Å². The van der Waals surface area contributed by atoms with Gasteiger partial charge in [-0.3, -0.25) is 4.79 Å². The second kappa shape index (κ2) is 9.07. The summed E-state index contributed by atoms with van der Waals surface area (Å²) in [6.45, 7) is 14.0. The van der Waals surface area contributed by atoms with Crippen LogP contribution in [0.3, 0.4) is 0 Å². The van der Waals surface area contributed by atoms with Gasteiger partial charge in [-0.1, -0.05) is 6.92 Å². The molecule has 24 heavy (non-hydrogen) atoms. The van der Waals surface area contributed by atoms with Crippen molar-refractivity contribution in [3.63, 3.8) is 0 Å². The first-order valence-corrected chi connectivity index (χ1v) is 9.38. The molecule has 4 heteroatoms. The number of rotatable bonds is 8. The van der Waals surface area contributed by atoms with E-state index in [-0.39, 0.29) is 5.91 Å². The van der Waals surface area contributed by atoms with Gasteiger partial charge in [0.25, 0.3) is 5.91 Å². The Morgan fingerprint density at radius 1 is 1.17 bits per heavy atom. The summed E-state index contributed by atoms with van der Waals surface area (Å²) in [5.74, 6) is 0.519. The number of amides is 1. The lowest BCUT2D eigenvalue weighted by Gasteiger charge is -2.27. The number of carbonyl (C=O) groups excluding carboxylic acids is 1. The topological polar surface area (TPSA) is 35.6 Å². The molecule has 1 atom stereocenters. The Balaban J connectivity index is 1.83. The Hall–Kier alpha value is -1.55. The highest BCUT2D eigenvalue weighted by Gasteiger charge is 2.15. The molecule has 0 saturated carbocycles. The summed E-state index contributed by atoms with van der Waals surface area (Å²) in [5, 5.41) is 3.08. The lowest BCUT2D eigenvalue weighted by Crippen LogP contribution is -2.34. The van der Waals surface area contributed by atoms with Gasteiger partial charge in [-0.05, 0) is 76.9 Å². The second-order valence-electron chi connectivity index (χ2n) is 7.25. The number of nitrogens with one attached hydrogen (secondary N) is 1. The minimum Gasteiger partial charge on any atom is -0.369 e. The minimum atomic E-state index is 0.0300. The van der Waals surface area contributed by atoms with Crippen LogP contribution in [0.1, 0.15) is 50.9 Å². The summed E-state index contributed by atoms with van der Waals surface area (Å²) in [7, 11) is 0. The Kier molecular flexibility index (Phi) is 7.10. The lowest BCUT2D eigenvalue weighted by molar-refractivity contribution is 0.0945. The Morgan fingerprint density at radius 2 is 1.79 bits per heavy atom. The zero-order valence-electron chi connectivity index (χ0n) is 15.7. The van der Waals surface area contributed by atoms with Crippen molar-refractivity contribution in [2.45, 2.75) is 46.6 Å². The van der Waals surface area contributed by atoms with E-state index in [2.05, 4.69) is 42.8 Å². The molecule has 0 bridgehead atoms. The molecule has 0 spiro atoms. The maximum Gasteiger partial charge on any atom is 0.251 e. The highest BCUT2D eigenvalue weighted by atomic mass is 16.1. The molecule has 2 rings (SSSR count). The van der Waals surface area contributed by atoms with Crippen LogP contribution < -0.4 is 10.2 Å². The summed E-state index contributed by atoms with van der Waals surface area (Å²) in [5.41, 5.74) is 1.92. The molecule has 1 amide bonds. The third-order valence-corrected chi connectivity index (χ3v) is 4.80. The maximum atomic E-state index is 12.3.